The van der Waals surface area contributed by atoms with Crippen LogP contribution in [0.1, 0.15) is 61.4 Å². The number of nitrogens with zero attached hydrogens (tertiary/aromatic N) is 1. The van der Waals surface area contributed by atoms with Crippen LogP contribution in [0, 0.1) is 13.8 Å². The first-order valence-corrected chi connectivity index (χ1v) is 12.9. The summed E-state index contributed by atoms with van der Waals surface area (Å²) in [5.74, 6) is -0.369. The van der Waals surface area contributed by atoms with Crippen molar-refractivity contribution in [3.05, 3.63) is 69.7 Å². The Bertz CT molecular complexity index is 1250. The smallest absolute Gasteiger partial charge is 0.416 e. The molecule has 5 nitrogen and oxygen atoms in total. The molecule has 1 atom stereocenters. The van der Waals surface area contributed by atoms with Gasteiger partial charge < -0.3 is 14.6 Å². The number of hydrogen-bond donors (Lipinski definition) is 1. The third-order valence-corrected chi connectivity index (χ3v) is 7.86. The molecule has 2 aromatic carbocycles. The fraction of sp³-hybridized carbons (Fsp3) is 0.429. The second-order valence-electron chi connectivity index (χ2n) is 9.47. The van der Waals surface area contributed by atoms with E-state index >= 15 is 0 Å². The number of aromatic nitrogens is 1. The van der Waals surface area contributed by atoms with Crippen LogP contribution in [0.25, 0.3) is 10.6 Å². The monoisotopic (exact) mass is 535 g/mol. The average molecular weight is 536 g/mol. The largest absolute Gasteiger partial charge is 0.482 e. The Kier molecular flexibility index (Phi) is 8.39. The van der Waals surface area contributed by atoms with E-state index < -0.39 is 28.9 Å². The minimum absolute atomic E-state index is 0.243. The first kappa shape index (κ1) is 28.7. The number of carboxylic acids is 1. The highest BCUT2D eigenvalue weighted by Gasteiger charge is 2.38. The predicted molar refractivity (Wildman–Crippen MR) is 138 cm³/mol. The summed E-state index contributed by atoms with van der Waals surface area (Å²) in [6.45, 7) is 11.5. The van der Waals surface area contributed by atoms with Gasteiger partial charge in [0.15, 0.2) is 5.60 Å². The van der Waals surface area contributed by atoms with Gasteiger partial charge in [0.05, 0.1) is 16.1 Å². The van der Waals surface area contributed by atoms with Crippen LogP contribution < -0.4 is 4.74 Å². The second-order valence-corrected chi connectivity index (χ2v) is 10.5. The Morgan fingerprint density at radius 2 is 1.70 bits per heavy atom. The van der Waals surface area contributed by atoms with Gasteiger partial charge in [-0.05, 0) is 76.4 Å². The van der Waals surface area contributed by atoms with Crippen LogP contribution in [-0.2, 0) is 27.7 Å². The zero-order chi connectivity index (χ0) is 27.6. The summed E-state index contributed by atoms with van der Waals surface area (Å²) in [6, 6.07) is 10.5. The normalized spacial score (nSPS) is 13.9. The molecule has 1 heterocycles. The molecule has 0 saturated carbocycles. The second kappa shape index (κ2) is 10.8. The third-order valence-electron chi connectivity index (χ3n) is 6.35. The van der Waals surface area contributed by atoms with E-state index in [-0.39, 0.29) is 6.42 Å². The van der Waals surface area contributed by atoms with E-state index in [1.54, 1.807) is 13.8 Å². The van der Waals surface area contributed by atoms with Crippen LogP contribution in [-0.4, -0.2) is 28.3 Å². The molecular formula is C28H32F3NO4S. The standard InChI is InChI=1S/C28H32F3NO4S/c1-7-27(25(33)34,35-8-2)16-20-11-14-22(15-17(20)3)36-26(5,6)23-18(4)32-24(37-23)19-9-12-21(13-10-19)28(29,30)31/h9-15H,7-8,16H2,1-6H3,(H,33,34). The molecule has 3 aromatic rings. The number of halogens is 3. The molecule has 37 heavy (non-hydrogen) atoms. The van der Waals surface area contributed by atoms with Gasteiger partial charge in [0.25, 0.3) is 0 Å². The number of thiazole rings is 1. The SMILES string of the molecule is CCOC(CC)(Cc1ccc(OC(C)(C)c2sc(-c3ccc(C(F)(F)F)cc3)nc2C)cc1C)C(=O)O. The molecule has 200 valence electrons. The van der Waals surface area contributed by atoms with Gasteiger partial charge in [-0.3, -0.25) is 0 Å². The average Bonchev–Trinajstić information content (AvgIpc) is 3.22. The Labute approximate surface area is 219 Å². The molecule has 1 aromatic heterocycles. The first-order valence-electron chi connectivity index (χ1n) is 12.0. The number of benzene rings is 2. The molecule has 0 bridgehead atoms. The molecule has 0 fully saturated rings. The van der Waals surface area contributed by atoms with Gasteiger partial charge in [-0.2, -0.15) is 13.2 Å². The molecule has 0 radical (unpaired) electrons. The first-order chi connectivity index (χ1) is 17.2. The van der Waals surface area contributed by atoms with E-state index in [1.165, 1.54) is 23.5 Å². The molecule has 0 spiro atoms. The highest BCUT2D eigenvalue weighted by atomic mass is 32.1. The van der Waals surface area contributed by atoms with Crippen LogP contribution in [0.2, 0.25) is 0 Å². The molecule has 3 rings (SSSR count). The minimum atomic E-state index is -4.39. The highest BCUT2D eigenvalue weighted by Crippen LogP contribution is 2.39. The zero-order valence-corrected chi connectivity index (χ0v) is 22.6. The highest BCUT2D eigenvalue weighted by molar-refractivity contribution is 7.15. The van der Waals surface area contributed by atoms with Crippen molar-refractivity contribution in [1.82, 2.24) is 4.98 Å². The number of aryl methyl sites for hydroxylation is 2. The number of rotatable bonds is 10. The Morgan fingerprint density at radius 3 is 2.22 bits per heavy atom. The Balaban J connectivity index is 1.83. The number of hydrogen-bond acceptors (Lipinski definition) is 5. The molecular weight excluding hydrogens is 503 g/mol. The topological polar surface area (TPSA) is 68.7 Å². The van der Waals surface area contributed by atoms with Gasteiger partial charge >= 0.3 is 12.1 Å². The zero-order valence-electron chi connectivity index (χ0n) is 21.8. The van der Waals surface area contributed by atoms with Crippen molar-refractivity contribution in [2.45, 2.75) is 71.8 Å². The number of alkyl halides is 3. The summed E-state index contributed by atoms with van der Waals surface area (Å²) >= 11 is 1.38. The van der Waals surface area contributed by atoms with E-state index in [0.717, 1.165) is 33.8 Å². The van der Waals surface area contributed by atoms with Crippen molar-refractivity contribution in [2.75, 3.05) is 6.61 Å². The maximum absolute atomic E-state index is 12.9. The molecule has 1 N–H and O–H groups in total. The number of ether oxygens (including phenoxy) is 2. The lowest BCUT2D eigenvalue weighted by Crippen LogP contribution is -2.43. The van der Waals surface area contributed by atoms with E-state index in [1.807, 2.05) is 45.9 Å². The van der Waals surface area contributed by atoms with Crippen molar-refractivity contribution in [3.63, 3.8) is 0 Å². The van der Waals surface area contributed by atoms with Gasteiger partial charge in [0, 0.05) is 18.6 Å². The lowest BCUT2D eigenvalue weighted by Gasteiger charge is -2.29. The Hall–Kier alpha value is -2.91. The summed E-state index contributed by atoms with van der Waals surface area (Å²) in [5, 5.41) is 10.4. The quantitative estimate of drug-likeness (QED) is 0.290. The Morgan fingerprint density at radius 1 is 1.05 bits per heavy atom. The minimum Gasteiger partial charge on any atom is -0.482 e. The van der Waals surface area contributed by atoms with Crippen LogP contribution in [0.5, 0.6) is 5.75 Å². The fourth-order valence-corrected chi connectivity index (χ4v) is 5.41. The van der Waals surface area contributed by atoms with E-state index in [0.29, 0.717) is 29.3 Å². The van der Waals surface area contributed by atoms with Gasteiger partial charge in [-0.1, -0.05) is 25.1 Å². The van der Waals surface area contributed by atoms with Crippen molar-refractivity contribution in [2.24, 2.45) is 0 Å². The van der Waals surface area contributed by atoms with Gasteiger partial charge in [-0.25, -0.2) is 9.78 Å². The van der Waals surface area contributed by atoms with Crippen molar-refractivity contribution in [1.29, 1.82) is 0 Å². The van der Waals surface area contributed by atoms with E-state index in [9.17, 15) is 23.1 Å². The third kappa shape index (κ3) is 6.33. The van der Waals surface area contributed by atoms with Crippen molar-refractivity contribution >= 4 is 17.3 Å². The van der Waals surface area contributed by atoms with Gasteiger partial charge in [0.1, 0.15) is 16.4 Å². The summed E-state index contributed by atoms with van der Waals surface area (Å²) in [6.07, 6.45) is -3.81. The van der Waals surface area contributed by atoms with Crippen molar-refractivity contribution in [3.8, 4) is 16.3 Å². The molecule has 9 heteroatoms. The summed E-state index contributed by atoms with van der Waals surface area (Å²) in [7, 11) is 0. The lowest BCUT2D eigenvalue weighted by molar-refractivity contribution is -0.166. The number of aliphatic carboxylic acids is 1. The van der Waals surface area contributed by atoms with E-state index in [2.05, 4.69) is 4.98 Å². The van der Waals surface area contributed by atoms with Gasteiger partial charge in [-0.15, -0.1) is 11.3 Å². The number of carboxylic acid groups (broad SMARTS) is 1. The van der Waals surface area contributed by atoms with Crippen LogP contribution in [0.4, 0.5) is 13.2 Å². The number of carbonyl (C=O) groups is 1. The fourth-order valence-electron chi connectivity index (χ4n) is 4.30. The van der Waals surface area contributed by atoms with Gasteiger partial charge in [0.2, 0.25) is 0 Å². The molecule has 0 aliphatic carbocycles. The predicted octanol–water partition coefficient (Wildman–Crippen LogP) is 7.57. The van der Waals surface area contributed by atoms with Crippen LogP contribution in [0.3, 0.4) is 0 Å². The summed E-state index contributed by atoms with van der Waals surface area (Å²) in [5.41, 5.74) is 0.349. The summed E-state index contributed by atoms with van der Waals surface area (Å²) in [4.78, 5) is 17.4. The molecule has 0 amide bonds. The van der Waals surface area contributed by atoms with Crippen molar-refractivity contribution < 1.29 is 32.5 Å². The van der Waals surface area contributed by atoms with Crippen LogP contribution in [0.15, 0.2) is 42.5 Å². The molecule has 0 aliphatic rings. The molecule has 0 saturated heterocycles. The van der Waals surface area contributed by atoms with Crippen LogP contribution >= 0.6 is 11.3 Å². The lowest BCUT2D eigenvalue weighted by atomic mass is 9.89. The maximum atomic E-state index is 12.9. The maximum Gasteiger partial charge on any atom is 0.416 e. The summed E-state index contributed by atoms with van der Waals surface area (Å²) < 4.78 is 50.7. The molecule has 0 aliphatic heterocycles. The molecule has 1 unspecified atom stereocenters. The van der Waals surface area contributed by atoms with E-state index in [4.69, 9.17) is 9.47 Å².